The van der Waals surface area contributed by atoms with Gasteiger partial charge in [-0.2, -0.15) is 0 Å². The van der Waals surface area contributed by atoms with E-state index in [0.29, 0.717) is 4.83 Å². The molecule has 0 bridgehead atoms. The largest absolute Gasteiger partial charge is 0.349 e. The number of imidazole rings is 1. The molecule has 0 aliphatic heterocycles. The molecule has 1 rings (SSSR count). The molecular weight excluding hydrogens is 216 g/mol. The van der Waals surface area contributed by atoms with Gasteiger partial charge in [0, 0.05) is 23.6 Å². The van der Waals surface area contributed by atoms with E-state index in [9.17, 15) is 0 Å². The Hall–Kier alpha value is -0.310. The van der Waals surface area contributed by atoms with Crippen LogP contribution in [0.5, 0.6) is 0 Å². The maximum absolute atomic E-state index is 4.18. The SMILES string of the molecule is CC(C)CC(Br)Cc1ncc[nH]1. The zero-order valence-corrected chi connectivity index (χ0v) is 9.13. The highest BCUT2D eigenvalue weighted by Crippen LogP contribution is 2.15. The Morgan fingerprint density at radius 1 is 1.58 bits per heavy atom. The van der Waals surface area contributed by atoms with Crippen LogP contribution in [-0.4, -0.2) is 14.8 Å². The van der Waals surface area contributed by atoms with Gasteiger partial charge in [-0.15, -0.1) is 0 Å². The van der Waals surface area contributed by atoms with Gasteiger partial charge in [0.05, 0.1) is 0 Å². The van der Waals surface area contributed by atoms with Gasteiger partial charge in [0.15, 0.2) is 0 Å². The highest BCUT2D eigenvalue weighted by molar-refractivity contribution is 9.09. The Labute approximate surface area is 81.9 Å². The molecule has 2 nitrogen and oxygen atoms in total. The predicted molar refractivity (Wildman–Crippen MR) is 54.5 cm³/mol. The van der Waals surface area contributed by atoms with E-state index in [1.165, 1.54) is 6.42 Å². The third kappa shape index (κ3) is 3.39. The average molecular weight is 231 g/mol. The number of aromatic nitrogens is 2. The Bertz CT molecular complexity index is 206. The third-order valence-electron chi connectivity index (χ3n) is 1.70. The third-order valence-corrected chi connectivity index (χ3v) is 2.39. The van der Waals surface area contributed by atoms with Crippen LogP contribution in [0.3, 0.4) is 0 Å². The lowest BCUT2D eigenvalue weighted by Gasteiger charge is -2.09. The molecule has 1 aromatic rings. The first-order valence-corrected chi connectivity index (χ1v) is 5.22. The van der Waals surface area contributed by atoms with Gasteiger partial charge in [-0.25, -0.2) is 4.98 Å². The number of alkyl halides is 1. The van der Waals surface area contributed by atoms with Gasteiger partial charge in [-0.1, -0.05) is 29.8 Å². The number of rotatable bonds is 4. The summed E-state index contributed by atoms with van der Waals surface area (Å²) in [6.45, 7) is 4.47. The monoisotopic (exact) mass is 230 g/mol. The summed E-state index contributed by atoms with van der Waals surface area (Å²) in [5.74, 6) is 1.81. The lowest BCUT2D eigenvalue weighted by molar-refractivity contribution is 0.566. The van der Waals surface area contributed by atoms with Gasteiger partial charge >= 0.3 is 0 Å². The van der Waals surface area contributed by atoms with Crippen molar-refractivity contribution in [1.82, 2.24) is 9.97 Å². The Kier molecular flexibility index (Phi) is 3.79. The fourth-order valence-electron chi connectivity index (χ4n) is 1.21. The maximum atomic E-state index is 4.18. The molecule has 1 atom stereocenters. The fraction of sp³-hybridized carbons (Fsp3) is 0.667. The molecule has 0 saturated heterocycles. The van der Waals surface area contributed by atoms with E-state index in [2.05, 4.69) is 39.7 Å². The van der Waals surface area contributed by atoms with Crippen LogP contribution >= 0.6 is 15.9 Å². The van der Waals surface area contributed by atoms with E-state index in [4.69, 9.17) is 0 Å². The summed E-state index contributed by atoms with van der Waals surface area (Å²) < 4.78 is 0. The number of halogens is 1. The standard InChI is InChI=1S/C9H15BrN2/c1-7(2)5-8(10)6-9-11-3-4-12-9/h3-4,7-8H,5-6H2,1-2H3,(H,11,12). The molecule has 0 aliphatic carbocycles. The zero-order valence-electron chi connectivity index (χ0n) is 7.55. The van der Waals surface area contributed by atoms with E-state index in [-0.39, 0.29) is 0 Å². The van der Waals surface area contributed by atoms with Crippen molar-refractivity contribution in [3.63, 3.8) is 0 Å². The molecule has 1 N–H and O–H groups in total. The zero-order chi connectivity index (χ0) is 8.97. The molecule has 0 saturated carbocycles. The van der Waals surface area contributed by atoms with Crippen molar-refractivity contribution in [3.8, 4) is 0 Å². The first kappa shape index (κ1) is 9.78. The molecule has 68 valence electrons. The number of hydrogen-bond acceptors (Lipinski definition) is 1. The number of nitrogens with zero attached hydrogens (tertiary/aromatic N) is 1. The first-order chi connectivity index (χ1) is 5.68. The van der Waals surface area contributed by atoms with E-state index in [1.807, 2.05) is 6.20 Å². The maximum Gasteiger partial charge on any atom is 0.107 e. The second-order valence-corrected chi connectivity index (χ2v) is 4.76. The van der Waals surface area contributed by atoms with Crippen LogP contribution in [0.25, 0.3) is 0 Å². The van der Waals surface area contributed by atoms with Crippen molar-refractivity contribution in [2.75, 3.05) is 0 Å². The quantitative estimate of drug-likeness (QED) is 0.793. The average Bonchev–Trinajstić information content (AvgIpc) is 2.37. The van der Waals surface area contributed by atoms with Crippen LogP contribution in [0.4, 0.5) is 0 Å². The minimum atomic E-state index is 0.545. The van der Waals surface area contributed by atoms with Gasteiger partial charge in [-0.05, 0) is 12.3 Å². The number of nitrogens with one attached hydrogen (secondary N) is 1. The molecule has 1 unspecified atom stereocenters. The molecule has 0 aromatic carbocycles. The van der Waals surface area contributed by atoms with E-state index >= 15 is 0 Å². The molecule has 0 amide bonds. The van der Waals surface area contributed by atoms with Crippen LogP contribution in [0.1, 0.15) is 26.1 Å². The van der Waals surface area contributed by atoms with E-state index in [1.54, 1.807) is 6.20 Å². The molecule has 0 aliphatic rings. The smallest absolute Gasteiger partial charge is 0.107 e. The summed E-state index contributed by atoms with van der Waals surface area (Å²) in [7, 11) is 0. The lowest BCUT2D eigenvalue weighted by Crippen LogP contribution is -2.07. The second-order valence-electron chi connectivity index (χ2n) is 3.47. The summed E-state index contributed by atoms with van der Waals surface area (Å²) >= 11 is 3.64. The molecular formula is C9H15BrN2. The normalized spacial score (nSPS) is 13.7. The second kappa shape index (κ2) is 4.65. The number of aromatic amines is 1. The summed E-state index contributed by atoms with van der Waals surface area (Å²) in [5, 5.41) is 0. The molecule has 0 fully saturated rings. The first-order valence-electron chi connectivity index (χ1n) is 4.31. The summed E-state index contributed by atoms with van der Waals surface area (Å²) in [4.78, 5) is 7.82. The highest BCUT2D eigenvalue weighted by Gasteiger charge is 2.08. The van der Waals surface area contributed by atoms with Gasteiger partial charge in [0.1, 0.15) is 5.82 Å². The van der Waals surface area contributed by atoms with Crippen molar-refractivity contribution in [2.24, 2.45) is 5.92 Å². The summed E-state index contributed by atoms with van der Waals surface area (Å²) in [5.41, 5.74) is 0. The van der Waals surface area contributed by atoms with Gasteiger partial charge in [0.25, 0.3) is 0 Å². The predicted octanol–water partition coefficient (Wildman–Crippen LogP) is 2.76. The van der Waals surface area contributed by atoms with Crippen molar-refractivity contribution < 1.29 is 0 Å². The van der Waals surface area contributed by atoms with Crippen molar-refractivity contribution in [3.05, 3.63) is 18.2 Å². The van der Waals surface area contributed by atoms with Crippen LogP contribution < -0.4 is 0 Å². The van der Waals surface area contributed by atoms with Crippen LogP contribution in [0.15, 0.2) is 12.4 Å². The Balaban J connectivity index is 2.32. The van der Waals surface area contributed by atoms with Gasteiger partial charge in [-0.3, -0.25) is 0 Å². The van der Waals surface area contributed by atoms with E-state index < -0.39 is 0 Å². The summed E-state index contributed by atoms with van der Waals surface area (Å²) in [6.07, 6.45) is 5.85. The Morgan fingerprint density at radius 3 is 2.83 bits per heavy atom. The number of H-pyrrole nitrogens is 1. The van der Waals surface area contributed by atoms with Crippen molar-refractivity contribution >= 4 is 15.9 Å². The highest BCUT2D eigenvalue weighted by atomic mass is 79.9. The summed E-state index contributed by atoms with van der Waals surface area (Å²) in [6, 6.07) is 0. The topological polar surface area (TPSA) is 28.7 Å². The number of hydrogen-bond donors (Lipinski definition) is 1. The van der Waals surface area contributed by atoms with Gasteiger partial charge in [0.2, 0.25) is 0 Å². The van der Waals surface area contributed by atoms with Crippen molar-refractivity contribution in [1.29, 1.82) is 0 Å². The molecule has 0 radical (unpaired) electrons. The fourth-order valence-corrected chi connectivity index (χ4v) is 2.27. The van der Waals surface area contributed by atoms with Crippen LogP contribution in [0.2, 0.25) is 0 Å². The molecule has 1 heterocycles. The lowest BCUT2D eigenvalue weighted by atomic mass is 10.1. The molecule has 3 heteroatoms. The van der Waals surface area contributed by atoms with E-state index in [0.717, 1.165) is 18.2 Å². The van der Waals surface area contributed by atoms with Gasteiger partial charge < -0.3 is 4.98 Å². The molecule has 12 heavy (non-hydrogen) atoms. The minimum Gasteiger partial charge on any atom is -0.349 e. The minimum absolute atomic E-state index is 0.545. The van der Waals surface area contributed by atoms with Crippen LogP contribution in [0, 0.1) is 5.92 Å². The van der Waals surface area contributed by atoms with Crippen LogP contribution in [-0.2, 0) is 6.42 Å². The molecule has 1 aromatic heterocycles. The molecule has 0 spiro atoms. The Morgan fingerprint density at radius 2 is 2.33 bits per heavy atom. The van der Waals surface area contributed by atoms with Crippen molar-refractivity contribution in [2.45, 2.75) is 31.5 Å².